The molecule has 2 N–H and O–H groups in total. The summed E-state index contributed by atoms with van der Waals surface area (Å²) in [5.74, 6) is 1.41. The molecule has 0 bridgehead atoms. The van der Waals surface area contributed by atoms with Crippen LogP contribution in [0.4, 0.5) is 17.5 Å². The Labute approximate surface area is 173 Å². The molecule has 1 aliphatic carbocycles. The lowest BCUT2D eigenvalue weighted by atomic mass is 9.90. The molecule has 29 heavy (non-hydrogen) atoms. The van der Waals surface area contributed by atoms with E-state index >= 15 is 0 Å². The summed E-state index contributed by atoms with van der Waals surface area (Å²) < 4.78 is 2.83. The van der Waals surface area contributed by atoms with Gasteiger partial charge in [0.1, 0.15) is 0 Å². The number of nitrogens with zero attached hydrogens (tertiary/aromatic N) is 5. The van der Waals surface area contributed by atoms with E-state index in [-0.39, 0.29) is 11.9 Å². The number of carbonyl (C=O) groups is 1. The predicted molar refractivity (Wildman–Crippen MR) is 117 cm³/mol. The van der Waals surface area contributed by atoms with Crippen molar-refractivity contribution in [2.24, 2.45) is 7.05 Å². The SMILES string of the molecule is C=CC(=O)N[C@H]1CC[C@@H](N(C)c2nc(Nc3cnn(C)c3)nc3ccsc23)CC1. The van der Waals surface area contributed by atoms with Crippen LogP contribution >= 0.6 is 11.3 Å². The molecule has 1 aliphatic rings. The molecular weight excluding hydrogens is 386 g/mol. The molecule has 8 nitrogen and oxygen atoms in total. The van der Waals surface area contributed by atoms with Crippen LogP contribution in [-0.4, -0.2) is 44.8 Å². The maximum Gasteiger partial charge on any atom is 0.243 e. The van der Waals surface area contributed by atoms with Crippen LogP contribution in [0.25, 0.3) is 10.2 Å². The van der Waals surface area contributed by atoms with Gasteiger partial charge in [0.05, 0.1) is 22.1 Å². The zero-order valence-corrected chi connectivity index (χ0v) is 17.4. The average Bonchev–Trinajstić information content (AvgIpc) is 3.36. The highest BCUT2D eigenvalue weighted by Gasteiger charge is 2.27. The predicted octanol–water partition coefficient (Wildman–Crippen LogP) is 3.22. The van der Waals surface area contributed by atoms with E-state index in [0.717, 1.165) is 47.4 Å². The summed E-state index contributed by atoms with van der Waals surface area (Å²) in [5, 5.41) is 12.5. The fourth-order valence-corrected chi connectivity index (χ4v) is 4.66. The molecular formula is C20H25N7OS. The van der Waals surface area contributed by atoms with Crippen LogP contribution in [0.3, 0.4) is 0 Å². The average molecular weight is 412 g/mol. The van der Waals surface area contributed by atoms with Gasteiger partial charge in [0.15, 0.2) is 5.82 Å². The van der Waals surface area contributed by atoms with Gasteiger partial charge in [-0.25, -0.2) is 4.98 Å². The summed E-state index contributed by atoms with van der Waals surface area (Å²) in [7, 11) is 3.98. The van der Waals surface area contributed by atoms with Gasteiger partial charge in [-0.3, -0.25) is 9.48 Å². The Balaban J connectivity index is 1.52. The van der Waals surface area contributed by atoms with E-state index < -0.39 is 0 Å². The van der Waals surface area contributed by atoms with Crippen molar-refractivity contribution in [3.63, 3.8) is 0 Å². The number of fused-ring (bicyclic) bond motifs is 1. The molecule has 0 saturated heterocycles. The third-order valence-electron chi connectivity index (χ3n) is 5.36. The number of carbonyl (C=O) groups excluding carboxylic acids is 1. The highest BCUT2D eigenvalue weighted by atomic mass is 32.1. The second-order valence-electron chi connectivity index (χ2n) is 7.36. The minimum Gasteiger partial charge on any atom is -0.355 e. The minimum atomic E-state index is -0.0935. The standard InChI is InChI=1S/C20H25N7OS/c1-4-17(28)22-13-5-7-15(8-6-13)27(3)19-18-16(9-10-29-18)24-20(25-19)23-14-11-21-26(2)12-14/h4,9-13,15H,1,5-8H2,2-3H3,(H,22,28)(H,23,24,25)/t13-,15+. The van der Waals surface area contributed by atoms with Crippen LogP contribution in [0, 0.1) is 0 Å². The summed E-state index contributed by atoms with van der Waals surface area (Å²) >= 11 is 1.66. The van der Waals surface area contributed by atoms with Gasteiger partial charge in [0.2, 0.25) is 11.9 Å². The Bertz CT molecular complexity index is 1020. The first-order valence-corrected chi connectivity index (χ1v) is 10.6. The molecule has 0 radical (unpaired) electrons. The van der Waals surface area contributed by atoms with E-state index in [4.69, 9.17) is 4.98 Å². The largest absolute Gasteiger partial charge is 0.355 e. The molecule has 0 aliphatic heterocycles. The molecule has 1 fully saturated rings. The number of aryl methyl sites for hydroxylation is 1. The summed E-state index contributed by atoms with van der Waals surface area (Å²) in [6, 6.07) is 2.62. The van der Waals surface area contributed by atoms with Gasteiger partial charge in [0, 0.05) is 32.4 Å². The molecule has 1 saturated carbocycles. The normalized spacial score (nSPS) is 19.1. The lowest BCUT2D eigenvalue weighted by molar-refractivity contribution is -0.117. The smallest absolute Gasteiger partial charge is 0.243 e. The zero-order chi connectivity index (χ0) is 20.4. The maximum atomic E-state index is 11.6. The summed E-state index contributed by atoms with van der Waals surface area (Å²) in [4.78, 5) is 23.3. The van der Waals surface area contributed by atoms with Gasteiger partial charge >= 0.3 is 0 Å². The highest BCUT2D eigenvalue weighted by molar-refractivity contribution is 7.17. The first-order chi connectivity index (χ1) is 14.0. The summed E-state index contributed by atoms with van der Waals surface area (Å²) in [6.45, 7) is 3.53. The van der Waals surface area contributed by atoms with Crippen molar-refractivity contribution in [3.8, 4) is 0 Å². The van der Waals surface area contributed by atoms with Crippen molar-refractivity contribution < 1.29 is 4.79 Å². The first-order valence-electron chi connectivity index (χ1n) is 9.70. The van der Waals surface area contributed by atoms with Crippen LogP contribution in [0.1, 0.15) is 25.7 Å². The number of rotatable bonds is 6. The quantitative estimate of drug-likeness (QED) is 0.606. The lowest BCUT2D eigenvalue weighted by Crippen LogP contribution is -2.42. The molecule has 9 heteroatoms. The Morgan fingerprint density at radius 2 is 2.14 bits per heavy atom. The number of hydrogen-bond acceptors (Lipinski definition) is 7. The fourth-order valence-electron chi connectivity index (χ4n) is 3.80. The molecule has 0 aromatic carbocycles. The second-order valence-corrected chi connectivity index (χ2v) is 8.28. The van der Waals surface area contributed by atoms with E-state index in [1.807, 2.05) is 24.7 Å². The van der Waals surface area contributed by atoms with Crippen LogP contribution in [-0.2, 0) is 11.8 Å². The topological polar surface area (TPSA) is 88.0 Å². The highest BCUT2D eigenvalue weighted by Crippen LogP contribution is 2.34. The molecule has 0 unspecified atom stereocenters. The van der Waals surface area contributed by atoms with Gasteiger partial charge in [-0.1, -0.05) is 6.58 Å². The van der Waals surface area contributed by atoms with E-state index in [1.165, 1.54) is 6.08 Å². The lowest BCUT2D eigenvalue weighted by Gasteiger charge is -2.35. The van der Waals surface area contributed by atoms with Gasteiger partial charge in [-0.15, -0.1) is 11.3 Å². The molecule has 152 valence electrons. The molecule has 0 atom stereocenters. The monoisotopic (exact) mass is 411 g/mol. The molecule has 0 spiro atoms. The molecule has 3 aromatic rings. The van der Waals surface area contributed by atoms with E-state index in [0.29, 0.717) is 12.0 Å². The number of aromatic nitrogens is 4. The number of amides is 1. The third kappa shape index (κ3) is 4.24. The second kappa shape index (κ2) is 8.20. The molecule has 3 heterocycles. The fraction of sp³-hybridized carbons (Fsp3) is 0.400. The Kier molecular flexibility index (Phi) is 5.48. The molecule has 4 rings (SSSR count). The number of anilines is 3. The maximum absolute atomic E-state index is 11.6. The van der Waals surface area contributed by atoms with Gasteiger partial charge in [-0.05, 0) is 43.2 Å². The van der Waals surface area contributed by atoms with E-state index in [9.17, 15) is 4.79 Å². The minimum absolute atomic E-state index is 0.0935. The van der Waals surface area contributed by atoms with Crippen LogP contribution in [0.15, 0.2) is 36.5 Å². The summed E-state index contributed by atoms with van der Waals surface area (Å²) in [6.07, 6.45) is 8.89. The van der Waals surface area contributed by atoms with Crippen LogP contribution in [0.5, 0.6) is 0 Å². The van der Waals surface area contributed by atoms with E-state index in [2.05, 4.69) is 39.2 Å². The third-order valence-corrected chi connectivity index (χ3v) is 6.26. The van der Waals surface area contributed by atoms with E-state index in [1.54, 1.807) is 22.2 Å². The van der Waals surface area contributed by atoms with Crippen LogP contribution in [0.2, 0.25) is 0 Å². The summed E-state index contributed by atoms with van der Waals surface area (Å²) in [5.41, 5.74) is 1.79. The molecule has 3 aromatic heterocycles. The molecule has 1 amide bonds. The number of hydrogen-bond donors (Lipinski definition) is 2. The van der Waals surface area contributed by atoms with Crippen molar-refractivity contribution in [2.75, 3.05) is 17.3 Å². The van der Waals surface area contributed by atoms with Crippen molar-refractivity contribution in [1.29, 1.82) is 0 Å². The Morgan fingerprint density at radius 1 is 1.34 bits per heavy atom. The van der Waals surface area contributed by atoms with Gasteiger partial charge < -0.3 is 15.5 Å². The number of nitrogens with one attached hydrogen (secondary N) is 2. The number of thiophene rings is 1. The van der Waals surface area contributed by atoms with Crippen molar-refractivity contribution in [1.82, 2.24) is 25.1 Å². The zero-order valence-electron chi connectivity index (χ0n) is 16.6. The first kappa shape index (κ1) is 19.4. The van der Waals surface area contributed by atoms with Gasteiger partial charge in [-0.2, -0.15) is 10.1 Å². The van der Waals surface area contributed by atoms with Crippen molar-refractivity contribution >= 4 is 44.9 Å². The van der Waals surface area contributed by atoms with Crippen molar-refractivity contribution in [3.05, 3.63) is 36.5 Å². The Morgan fingerprint density at radius 3 is 2.83 bits per heavy atom. The van der Waals surface area contributed by atoms with Crippen molar-refractivity contribution in [2.45, 2.75) is 37.8 Å². The van der Waals surface area contributed by atoms with Crippen LogP contribution < -0.4 is 15.5 Å². The Hall–Kier alpha value is -2.94. The van der Waals surface area contributed by atoms with Gasteiger partial charge in [0.25, 0.3) is 0 Å².